The number of anilines is 1. The zero-order valence-corrected chi connectivity index (χ0v) is 10.4. The minimum Gasteiger partial charge on any atom is -0.377 e. The maximum atomic E-state index is 12.0. The van der Waals surface area contributed by atoms with Gasteiger partial charge in [-0.2, -0.15) is 0 Å². The normalized spacial score (nSPS) is 20.1. The molecule has 1 fully saturated rings. The molecule has 4 nitrogen and oxygen atoms in total. The van der Waals surface area contributed by atoms with Crippen molar-refractivity contribution < 1.29 is 9.53 Å². The van der Waals surface area contributed by atoms with Gasteiger partial charge >= 0.3 is 6.03 Å². The van der Waals surface area contributed by atoms with Crippen LogP contribution in [-0.2, 0) is 4.74 Å². The number of hydrogen-bond donors (Lipinski definition) is 1. The number of halogens is 1. The number of nitrogens with zero attached hydrogens (tertiary/aromatic N) is 1. The van der Waals surface area contributed by atoms with Crippen molar-refractivity contribution in [2.75, 3.05) is 25.1 Å². The number of benzene rings is 1. The number of rotatable bonds is 1. The molecule has 0 aromatic heterocycles. The van der Waals surface area contributed by atoms with Gasteiger partial charge in [-0.3, -0.25) is 0 Å². The van der Waals surface area contributed by atoms with Crippen molar-refractivity contribution in [3.05, 3.63) is 29.3 Å². The van der Waals surface area contributed by atoms with E-state index in [0.717, 1.165) is 5.69 Å². The van der Waals surface area contributed by atoms with Crippen LogP contribution in [0.1, 0.15) is 6.92 Å². The fourth-order valence-corrected chi connectivity index (χ4v) is 1.88. The summed E-state index contributed by atoms with van der Waals surface area (Å²) in [5.74, 6) is 0. The molecule has 1 aliphatic rings. The lowest BCUT2D eigenvalue weighted by Gasteiger charge is -2.33. The number of nitrogens with one attached hydrogen (secondary N) is 1. The number of ether oxygens (including phenoxy) is 1. The zero-order valence-electron chi connectivity index (χ0n) is 9.65. The highest BCUT2D eigenvalue weighted by molar-refractivity contribution is 6.30. The number of amides is 2. The maximum absolute atomic E-state index is 12.0. The minimum atomic E-state index is -0.0943. The predicted octanol–water partition coefficient (Wildman–Crippen LogP) is 2.59. The first-order chi connectivity index (χ1) is 8.16. The summed E-state index contributed by atoms with van der Waals surface area (Å²) >= 11 is 5.78. The molecule has 1 atom stereocenters. The summed E-state index contributed by atoms with van der Waals surface area (Å²) in [7, 11) is 0. The Hall–Kier alpha value is -1.26. The van der Waals surface area contributed by atoms with Gasteiger partial charge in [-0.1, -0.05) is 11.6 Å². The van der Waals surface area contributed by atoms with Crippen molar-refractivity contribution in [3.8, 4) is 0 Å². The molecule has 1 aromatic carbocycles. The summed E-state index contributed by atoms with van der Waals surface area (Å²) < 4.78 is 5.29. The van der Waals surface area contributed by atoms with E-state index < -0.39 is 0 Å². The fraction of sp³-hybridized carbons (Fsp3) is 0.417. The second-order valence-electron chi connectivity index (χ2n) is 4.05. The molecule has 0 saturated carbocycles. The van der Waals surface area contributed by atoms with Crippen LogP contribution in [0.15, 0.2) is 24.3 Å². The molecule has 0 aliphatic carbocycles. The molecule has 92 valence electrons. The monoisotopic (exact) mass is 254 g/mol. The largest absolute Gasteiger partial charge is 0.377 e. The highest BCUT2D eigenvalue weighted by Crippen LogP contribution is 2.15. The van der Waals surface area contributed by atoms with Gasteiger partial charge in [-0.25, -0.2) is 4.79 Å². The molecule has 2 rings (SSSR count). The number of morpholine rings is 1. The Kier molecular flexibility index (Phi) is 3.86. The van der Waals surface area contributed by atoms with E-state index >= 15 is 0 Å². The van der Waals surface area contributed by atoms with Crippen molar-refractivity contribution in [2.45, 2.75) is 13.0 Å². The van der Waals surface area contributed by atoms with E-state index in [0.29, 0.717) is 24.8 Å². The molecular weight excluding hydrogens is 240 g/mol. The molecule has 1 heterocycles. The summed E-state index contributed by atoms with van der Waals surface area (Å²) in [5, 5.41) is 3.50. The van der Waals surface area contributed by atoms with Gasteiger partial charge in [0.25, 0.3) is 0 Å². The topological polar surface area (TPSA) is 41.6 Å². The molecule has 1 aliphatic heterocycles. The first kappa shape index (κ1) is 12.2. The van der Waals surface area contributed by atoms with Gasteiger partial charge in [0.15, 0.2) is 0 Å². The summed E-state index contributed by atoms with van der Waals surface area (Å²) in [4.78, 5) is 13.8. The van der Waals surface area contributed by atoms with E-state index in [1.165, 1.54) is 0 Å². The molecular formula is C12H15ClN2O2. The molecule has 0 spiro atoms. The lowest BCUT2D eigenvalue weighted by molar-refractivity contribution is 0.0222. The van der Waals surface area contributed by atoms with Crippen LogP contribution in [0, 0.1) is 0 Å². The van der Waals surface area contributed by atoms with E-state index in [9.17, 15) is 4.79 Å². The standard InChI is InChI=1S/C12H15ClN2O2/c1-9-8-17-7-6-15(9)12(16)14-11-4-2-10(13)3-5-11/h2-5,9H,6-8H2,1H3,(H,14,16). The Bertz CT molecular complexity index is 394. The molecule has 2 amide bonds. The fourth-order valence-electron chi connectivity index (χ4n) is 1.76. The van der Waals surface area contributed by atoms with Gasteiger partial charge < -0.3 is 15.0 Å². The quantitative estimate of drug-likeness (QED) is 0.837. The van der Waals surface area contributed by atoms with Crippen LogP contribution in [0.2, 0.25) is 5.02 Å². The Labute approximate surface area is 106 Å². The molecule has 1 unspecified atom stereocenters. The van der Waals surface area contributed by atoms with Gasteiger partial charge in [0, 0.05) is 17.3 Å². The highest BCUT2D eigenvalue weighted by atomic mass is 35.5. The van der Waals surface area contributed by atoms with Crippen molar-refractivity contribution in [2.24, 2.45) is 0 Å². The lowest BCUT2D eigenvalue weighted by Crippen LogP contribution is -2.48. The number of carbonyl (C=O) groups excluding carboxylic acids is 1. The summed E-state index contributed by atoms with van der Waals surface area (Å²) in [6.45, 7) is 3.79. The van der Waals surface area contributed by atoms with Gasteiger partial charge in [0.05, 0.1) is 19.3 Å². The number of urea groups is 1. The number of hydrogen-bond acceptors (Lipinski definition) is 2. The molecule has 1 aromatic rings. The molecule has 0 radical (unpaired) electrons. The van der Waals surface area contributed by atoms with Gasteiger partial charge in [0.1, 0.15) is 0 Å². The average molecular weight is 255 g/mol. The highest BCUT2D eigenvalue weighted by Gasteiger charge is 2.23. The Morgan fingerprint density at radius 3 is 2.82 bits per heavy atom. The molecule has 1 N–H and O–H groups in total. The Morgan fingerprint density at radius 1 is 1.47 bits per heavy atom. The van der Waals surface area contributed by atoms with Crippen LogP contribution in [-0.4, -0.2) is 36.7 Å². The summed E-state index contributed by atoms with van der Waals surface area (Å²) in [6, 6.07) is 7.08. The summed E-state index contributed by atoms with van der Waals surface area (Å²) in [5.41, 5.74) is 0.748. The van der Waals surface area contributed by atoms with E-state index in [1.54, 1.807) is 29.2 Å². The first-order valence-corrected chi connectivity index (χ1v) is 5.95. The number of carbonyl (C=O) groups is 1. The van der Waals surface area contributed by atoms with Crippen LogP contribution >= 0.6 is 11.6 Å². The van der Waals surface area contributed by atoms with Crippen LogP contribution in [0.5, 0.6) is 0 Å². The summed E-state index contributed by atoms with van der Waals surface area (Å²) in [6.07, 6.45) is 0. The molecule has 0 bridgehead atoms. The molecule has 1 saturated heterocycles. The van der Waals surface area contributed by atoms with Crippen LogP contribution in [0.4, 0.5) is 10.5 Å². The van der Waals surface area contributed by atoms with E-state index in [4.69, 9.17) is 16.3 Å². The van der Waals surface area contributed by atoms with Crippen LogP contribution < -0.4 is 5.32 Å². The van der Waals surface area contributed by atoms with Gasteiger partial charge in [0.2, 0.25) is 0 Å². The molecule has 17 heavy (non-hydrogen) atoms. The SMILES string of the molecule is CC1COCCN1C(=O)Nc1ccc(Cl)cc1. The minimum absolute atomic E-state index is 0.0943. The van der Waals surface area contributed by atoms with Crippen LogP contribution in [0.25, 0.3) is 0 Å². The zero-order chi connectivity index (χ0) is 12.3. The smallest absolute Gasteiger partial charge is 0.322 e. The van der Waals surface area contributed by atoms with Crippen LogP contribution in [0.3, 0.4) is 0 Å². The predicted molar refractivity (Wildman–Crippen MR) is 67.5 cm³/mol. The Balaban J connectivity index is 1.98. The molecule has 5 heteroatoms. The van der Waals surface area contributed by atoms with E-state index in [1.807, 2.05) is 6.92 Å². The van der Waals surface area contributed by atoms with E-state index in [2.05, 4.69) is 5.32 Å². The maximum Gasteiger partial charge on any atom is 0.322 e. The third kappa shape index (κ3) is 3.11. The lowest BCUT2D eigenvalue weighted by atomic mass is 10.2. The van der Waals surface area contributed by atoms with Crippen molar-refractivity contribution in [1.82, 2.24) is 4.90 Å². The Morgan fingerprint density at radius 2 is 2.18 bits per heavy atom. The van der Waals surface area contributed by atoms with Crippen molar-refractivity contribution in [1.29, 1.82) is 0 Å². The van der Waals surface area contributed by atoms with Crippen molar-refractivity contribution in [3.63, 3.8) is 0 Å². The van der Waals surface area contributed by atoms with E-state index in [-0.39, 0.29) is 12.1 Å². The third-order valence-corrected chi connectivity index (χ3v) is 2.98. The average Bonchev–Trinajstić information content (AvgIpc) is 2.32. The third-order valence-electron chi connectivity index (χ3n) is 2.72. The van der Waals surface area contributed by atoms with Gasteiger partial charge in [-0.15, -0.1) is 0 Å². The second-order valence-corrected chi connectivity index (χ2v) is 4.49. The van der Waals surface area contributed by atoms with Crippen molar-refractivity contribution >= 4 is 23.3 Å². The second kappa shape index (κ2) is 5.38. The first-order valence-electron chi connectivity index (χ1n) is 5.58. The van der Waals surface area contributed by atoms with Gasteiger partial charge in [-0.05, 0) is 31.2 Å².